The van der Waals surface area contributed by atoms with Crippen LogP contribution in [-0.4, -0.2) is 47.4 Å². The topological polar surface area (TPSA) is 95.9 Å². The number of amides is 1. The molecule has 0 radical (unpaired) electrons. The van der Waals surface area contributed by atoms with E-state index in [-0.39, 0.29) is 18.5 Å². The van der Waals surface area contributed by atoms with Crippen LogP contribution in [-0.2, 0) is 14.3 Å². The average molecular weight is 1120 g/mol. The maximum Gasteiger partial charge on any atom is 0.305 e. The molecular weight excluding hydrogens is 983 g/mol. The second-order valence-corrected chi connectivity index (χ2v) is 24.9. The molecule has 0 heterocycles. The third kappa shape index (κ3) is 65.2. The van der Waals surface area contributed by atoms with Crippen LogP contribution >= 0.6 is 0 Å². The quantitative estimate of drug-likeness (QED) is 0.0320. The van der Waals surface area contributed by atoms with Crippen LogP contribution in [0.3, 0.4) is 0 Å². The van der Waals surface area contributed by atoms with Crippen LogP contribution < -0.4 is 5.32 Å². The lowest BCUT2D eigenvalue weighted by atomic mass is 10.0. The number of nitrogens with one attached hydrogen (secondary N) is 1. The molecule has 3 N–H and O–H groups in total. The standard InChI is InChI=1S/C74H141NO5/c1-3-5-7-9-11-13-15-17-19-21-23-24-25-26-27-28-31-34-38-42-46-50-54-58-62-66-72(77)71(70-76)75-73(78)67-63-59-55-51-47-43-39-35-32-29-33-37-41-45-49-53-57-61-65-69-80-74(79)68-64-60-56-52-48-44-40-36-30-22-20-18-16-14-12-10-8-6-4-2/h12,14,18,20,29,32,71-72,76-77H,3-11,13,15-17,19,21-28,30-31,33-70H2,1-2H3,(H,75,78)/b14-12-,20-18-,32-29-. The van der Waals surface area contributed by atoms with Crippen molar-refractivity contribution in [3.8, 4) is 0 Å². The van der Waals surface area contributed by atoms with Gasteiger partial charge in [-0.05, 0) is 83.5 Å². The predicted molar refractivity (Wildman–Crippen MR) is 352 cm³/mol. The molecule has 472 valence electrons. The Morgan fingerprint density at radius 2 is 0.625 bits per heavy atom. The summed E-state index contributed by atoms with van der Waals surface area (Å²) in [7, 11) is 0. The zero-order chi connectivity index (χ0) is 57.8. The second-order valence-electron chi connectivity index (χ2n) is 24.9. The van der Waals surface area contributed by atoms with Gasteiger partial charge in [0.25, 0.3) is 0 Å². The molecule has 80 heavy (non-hydrogen) atoms. The molecular formula is C74H141NO5. The van der Waals surface area contributed by atoms with Crippen LogP contribution in [0.5, 0.6) is 0 Å². The summed E-state index contributed by atoms with van der Waals surface area (Å²) in [5.41, 5.74) is 0. The molecule has 0 spiro atoms. The first-order valence-electron chi connectivity index (χ1n) is 36.2. The number of allylic oxidation sites excluding steroid dienone is 6. The van der Waals surface area contributed by atoms with Crippen LogP contribution in [0, 0.1) is 0 Å². The van der Waals surface area contributed by atoms with Gasteiger partial charge in [0, 0.05) is 12.8 Å². The SMILES string of the molecule is CCCCC/C=C\C/C=C\CCCCCCCCCCCC(=O)OCCCCCCCCCC/C=C\CCCCCCCCCC(=O)NC(CO)C(O)CCCCCCCCCCCCCCCCCCCCCCCCCCC. The van der Waals surface area contributed by atoms with E-state index in [2.05, 4.69) is 55.6 Å². The van der Waals surface area contributed by atoms with Gasteiger partial charge in [0.15, 0.2) is 0 Å². The number of carbonyl (C=O) groups excluding carboxylic acids is 2. The molecule has 0 aliphatic heterocycles. The lowest BCUT2D eigenvalue weighted by Gasteiger charge is -2.22. The Morgan fingerprint density at radius 1 is 0.350 bits per heavy atom. The Hall–Kier alpha value is -1.92. The van der Waals surface area contributed by atoms with Crippen molar-refractivity contribution in [3.63, 3.8) is 0 Å². The largest absolute Gasteiger partial charge is 0.466 e. The monoisotopic (exact) mass is 1120 g/mol. The summed E-state index contributed by atoms with van der Waals surface area (Å²) in [4.78, 5) is 24.7. The average Bonchev–Trinajstić information content (AvgIpc) is 3.46. The molecule has 1 amide bonds. The van der Waals surface area contributed by atoms with Crippen molar-refractivity contribution in [2.24, 2.45) is 0 Å². The van der Waals surface area contributed by atoms with Gasteiger partial charge in [-0.1, -0.05) is 339 Å². The molecule has 2 atom stereocenters. The molecule has 6 heteroatoms. The van der Waals surface area contributed by atoms with E-state index >= 15 is 0 Å². The first-order valence-corrected chi connectivity index (χ1v) is 36.2. The van der Waals surface area contributed by atoms with E-state index in [1.807, 2.05) is 0 Å². The molecule has 0 aliphatic carbocycles. The van der Waals surface area contributed by atoms with Gasteiger partial charge in [0.05, 0.1) is 25.4 Å². The van der Waals surface area contributed by atoms with Crippen molar-refractivity contribution in [1.82, 2.24) is 5.32 Å². The maximum atomic E-state index is 12.6. The highest BCUT2D eigenvalue weighted by atomic mass is 16.5. The highest BCUT2D eigenvalue weighted by Crippen LogP contribution is 2.19. The molecule has 0 aromatic rings. The minimum Gasteiger partial charge on any atom is -0.466 e. The number of ether oxygens (including phenoxy) is 1. The molecule has 0 rings (SSSR count). The Kier molecular flexibility index (Phi) is 67.9. The zero-order valence-corrected chi connectivity index (χ0v) is 54.1. The molecule has 0 aliphatic rings. The summed E-state index contributed by atoms with van der Waals surface area (Å²) in [5, 5.41) is 23.4. The fourth-order valence-electron chi connectivity index (χ4n) is 11.4. The summed E-state index contributed by atoms with van der Waals surface area (Å²) >= 11 is 0. The fraction of sp³-hybridized carbons (Fsp3) is 0.892. The molecule has 0 saturated heterocycles. The van der Waals surface area contributed by atoms with Crippen LogP contribution in [0.2, 0.25) is 0 Å². The normalized spacial score (nSPS) is 12.7. The number of esters is 1. The Morgan fingerprint density at radius 3 is 0.988 bits per heavy atom. The Balaban J connectivity index is 3.42. The van der Waals surface area contributed by atoms with E-state index < -0.39 is 12.1 Å². The van der Waals surface area contributed by atoms with Crippen molar-refractivity contribution < 1.29 is 24.5 Å². The summed E-state index contributed by atoms with van der Waals surface area (Å²) in [5.74, 6) is -0.0392. The first-order chi connectivity index (χ1) is 39.5. The minimum absolute atomic E-state index is 0.00117. The van der Waals surface area contributed by atoms with Crippen molar-refractivity contribution in [2.45, 2.75) is 411 Å². The van der Waals surface area contributed by atoms with Crippen LogP contribution in [0.15, 0.2) is 36.5 Å². The smallest absolute Gasteiger partial charge is 0.305 e. The maximum absolute atomic E-state index is 12.6. The molecule has 0 bridgehead atoms. The van der Waals surface area contributed by atoms with Gasteiger partial charge in [-0.15, -0.1) is 0 Å². The molecule has 2 unspecified atom stereocenters. The Labute approximate surface area is 500 Å². The summed E-state index contributed by atoms with van der Waals surface area (Å²) in [6.45, 7) is 4.95. The number of carbonyl (C=O) groups is 2. The third-order valence-corrected chi connectivity index (χ3v) is 16.9. The van der Waals surface area contributed by atoms with Gasteiger partial charge in [0.2, 0.25) is 5.91 Å². The predicted octanol–water partition coefficient (Wildman–Crippen LogP) is 23.5. The lowest BCUT2D eigenvalue weighted by Crippen LogP contribution is -2.45. The van der Waals surface area contributed by atoms with Gasteiger partial charge in [-0.25, -0.2) is 0 Å². The zero-order valence-electron chi connectivity index (χ0n) is 54.1. The number of hydrogen-bond donors (Lipinski definition) is 3. The summed E-state index contributed by atoms with van der Waals surface area (Å²) in [6, 6.07) is -0.551. The van der Waals surface area contributed by atoms with Crippen molar-refractivity contribution in [2.75, 3.05) is 13.2 Å². The van der Waals surface area contributed by atoms with E-state index in [0.717, 1.165) is 51.4 Å². The second kappa shape index (κ2) is 69.6. The lowest BCUT2D eigenvalue weighted by molar-refractivity contribution is -0.143. The van der Waals surface area contributed by atoms with E-state index in [4.69, 9.17) is 4.74 Å². The molecule has 0 fully saturated rings. The molecule has 0 aromatic heterocycles. The highest BCUT2D eigenvalue weighted by molar-refractivity contribution is 5.76. The van der Waals surface area contributed by atoms with E-state index in [0.29, 0.717) is 25.9 Å². The number of rotatable bonds is 68. The van der Waals surface area contributed by atoms with E-state index in [1.54, 1.807) is 0 Å². The van der Waals surface area contributed by atoms with E-state index in [1.165, 1.54) is 315 Å². The van der Waals surface area contributed by atoms with Crippen LogP contribution in [0.4, 0.5) is 0 Å². The van der Waals surface area contributed by atoms with Gasteiger partial charge >= 0.3 is 5.97 Å². The summed E-state index contributed by atoms with van der Waals surface area (Å²) < 4.78 is 5.50. The molecule has 6 nitrogen and oxygen atoms in total. The van der Waals surface area contributed by atoms with Crippen molar-refractivity contribution in [3.05, 3.63) is 36.5 Å². The fourth-order valence-corrected chi connectivity index (χ4v) is 11.4. The van der Waals surface area contributed by atoms with Gasteiger partial charge in [-0.3, -0.25) is 9.59 Å². The first kappa shape index (κ1) is 78.1. The number of aliphatic hydroxyl groups excluding tert-OH is 2. The number of hydrogen-bond acceptors (Lipinski definition) is 5. The van der Waals surface area contributed by atoms with Gasteiger partial charge in [-0.2, -0.15) is 0 Å². The molecule has 0 saturated carbocycles. The third-order valence-electron chi connectivity index (χ3n) is 16.9. The van der Waals surface area contributed by atoms with Crippen LogP contribution in [0.25, 0.3) is 0 Å². The Bertz CT molecular complexity index is 1300. The van der Waals surface area contributed by atoms with Crippen molar-refractivity contribution in [1.29, 1.82) is 0 Å². The minimum atomic E-state index is -0.673. The number of unbranched alkanes of at least 4 members (excludes halogenated alkanes) is 51. The van der Waals surface area contributed by atoms with Crippen molar-refractivity contribution >= 4 is 11.9 Å². The highest BCUT2D eigenvalue weighted by Gasteiger charge is 2.20. The molecule has 0 aromatic carbocycles. The van der Waals surface area contributed by atoms with Crippen LogP contribution in [0.1, 0.15) is 399 Å². The van der Waals surface area contributed by atoms with Gasteiger partial charge < -0.3 is 20.3 Å². The van der Waals surface area contributed by atoms with Gasteiger partial charge in [0.1, 0.15) is 0 Å². The van der Waals surface area contributed by atoms with E-state index in [9.17, 15) is 19.8 Å². The number of aliphatic hydroxyl groups is 2. The summed E-state index contributed by atoms with van der Waals surface area (Å²) in [6.07, 6.45) is 89.0.